The maximum atomic E-state index is 5.28. The highest BCUT2D eigenvalue weighted by atomic mass is 16.5. The van der Waals surface area contributed by atoms with E-state index < -0.39 is 0 Å². The van der Waals surface area contributed by atoms with Crippen molar-refractivity contribution in [2.45, 2.75) is 51.6 Å². The Balaban J connectivity index is 1.92. The second-order valence-corrected chi connectivity index (χ2v) is 5.62. The molecule has 0 spiro atoms. The van der Waals surface area contributed by atoms with E-state index in [0.29, 0.717) is 12.1 Å². The zero-order chi connectivity index (χ0) is 13.0. The van der Waals surface area contributed by atoms with Crippen LogP contribution < -0.4 is 10.1 Å². The van der Waals surface area contributed by atoms with Gasteiger partial charge in [0.1, 0.15) is 5.75 Å². The zero-order valence-corrected chi connectivity index (χ0v) is 11.8. The molecule has 2 rings (SSSR count). The number of ether oxygens (including phenoxy) is 1. The summed E-state index contributed by atoms with van der Waals surface area (Å²) in [5.41, 5.74) is 1.31. The van der Waals surface area contributed by atoms with Crippen molar-refractivity contribution in [3.05, 3.63) is 29.8 Å². The van der Waals surface area contributed by atoms with Crippen molar-refractivity contribution in [2.75, 3.05) is 7.11 Å². The first-order valence-electron chi connectivity index (χ1n) is 7.09. The fraction of sp³-hybridized carbons (Fsp3) is 0.625. The van der Waals surface area contributed by atoms with E-state index in [0.717, 1.165) is 11.7 Å². The molecule has 0 aromatic heterocycles. The molecule has 0 heterocycles. The van der Waals surface area contributed by atoms with Crippen LogP contribution in [0.4, 0.5) is 0 Å². The average molecular weight is 247 g/mol. The maximum Gasteiger partial charge on any atom is 0.119 e. The van der Waals surface area contributed by atoms with Gasteiger partial charge < -0.3 is 10.1 Å². The lowest BCUT2D eigenvalue weighted by Gasteiger charge is -2.30. The minimum absolute atomic E-state index is 0.401. The Morgan fingerprint density at radius 3 is 2.61 bits per heavy atom. The van der Waals surface area contributed by atoms with E-state index in [2.05, 4.69) is 37.4 Å². The van der Waals surface area contributed by atoms with E-state index in [4.69, 9.17) is 4.74 Å². The van der Waals surface area contributed by atoms with Crippen molar-refractivity contribution in [3.63, 3.8) is 0 Å². The summed E-state index contributed by atoms with van der Waals surface area (Å²) in [7, 11) is 1.72. The van der Waals surface area contributed by atoms with Gasteiger partial charge in [0, 0.05) is 12.1 Å². The lowest BCUT2D eigenvalue weighted by molar-refractivity contribution is 0.291. The topological polar surface area (TPSA) is 21.3 Å². The molecule has 1 aliphatic carbocycles. The van der Waals surface area contributed by atoms with Gasteiger partial charge in [-0.2, -0.15) is 0 Å². The summed E-state index contributed by atoms with van der Waals surface area (Å²) in [5.74, 6) is 1.86. The van der Waals surface area contributed by atoms with Crippen LogP contribution in [-0.2, 0) is 0 Å². The molecule has 0 amide bonds. The van der Waals surface area contributed by atoms with Gasteiger partial charge in [0.15, 0.2) is 0 Å². The van der Waals surface area contributed by atoms with E-state index >= 15 is 0 Å². The van der Waals surface area contributed by atoms with Crippen molar-refractivity contribution >= 4 is 0 Å². The van der Waals surface area contributed by atoms with Crippen molar-refractivity contribution < 1.29 is 4.74 Å². The molecule has 0 radical (unpaired) electrons. The Morgan fingerprint density at radius 2 is 1.94 bits per heavy atom. The normalized spacial score (nSPS) is 25.7. The summed E-state index contributed by atoms with van der Waals surface area (Å²) < 4.78 is 5.28. The Bertz CT molecular complexity index is 369. The number of hydrogen-bond donors (Lipinski definition) is 1. The molecule has 1 atom stereocenters. The number of benzene rings is 1. The Labute approximate surface area is 111 Å². The van der Waals surface area contributed by atoms with Gasteiger partial charge in [0.05, 0.1) is 7.11 Å². The highest BCUT2D eigenvalue weighted by molar-refractivity contribution is 5.30. The van der Waals surface area contributed by atoms with Crippen LogP contribution in [-0.4, -0.2) is 13.2 Å². The van der Waals surface area contributed by atoms with Gasteiger partial charge in [-0.3, -0.25) is 0 Å². The van der Waals surface area contributed by atoms with Crippen LogP contribution in [0.2, 0.25) is 0 Å². The van der Waals surface area contributed by atoms with Gasteiger partial charge in [-0.05, 0) is 56.2 Å². The van der Waals surface area contributed by atoms with E-state index in [1.165, 1.54) is 31.2 Å². The molecular weight excluding hydrogens is 222 g/mol. The van der Waals surface area contributed by atoms with Crippen molar-refractivity contribution in [2.24, 2.45) is 5.92 Å². The van der Waals surface area contributed by atoms with E-state index in [1.54, 1.807) is 7.11 Å². The lowest BCUT2D eigenvalue weighted by Crippen LogP contribution is -2.34. The van der Waals surface area contributed by atoms with Crippen molar-refractivity contribution in [1.82, 2.24) is 5.32 Å². The Morgan fingerprint density at radius 1 is 1.22 bits per heavy atom. The number of nitrogens with one attached hydrogen (secondary N) is 1. The summed E-state index contributed by atoms with van der Waals surface area (Å²) in [6.07, 6.45) is 5.36. The minimum atomic E-state index is 0.401. The van der Waals surface area contributed by atoms with Gasteiger partial charge in [-0.25, -0.2) is 0 Å². The lowest BCUT2D eigenvalue weighted by atomic mass is 9.87. The molecule has 1 aromatic carbocycles. The quantitative estimate of drug-likeness (QED) is 0.870. The van der Waals surface area contributed by atoms with Crippen molar-refractivity contribution in [1.29, 1.82) is 0 Å². The summed E-state index contributed by atoms with van der Waals surface area (Å²) in [6, 6.07) is 9.45. The van der Waals surface area contributed by atoms with Crippen LogP contribution in [0, 0.1) is 5.92 Å². The fourth-order valence-electron chi connectivity index (χ4n) is 2.79. The number of hydrogen-bond acceptors (Lipinski definition) is 2. The molecule has 1 N–H and O–H groups in total. The molecule has 100 valence electrons. The predicted molar refractivity (Wildman–Crippen MR) is 76.0 cm³/mol. The van der Waals surface area contributed by atoms with Crippen LogP contribution in [0.5, 0.6) is 5.75 Å². The average Bonchev–Trinajstić information content (AvgIpc) is 2.41. The van der Waals surface area contributed by atoms with E-state index in [9.17, 15) is 0 Å². The molecule has 1 aromatic rings. The molecule has 0 bridgehead atoms. The second-order valence-electron chi connectivity index (χ2n) is 5.62. The summed E-state index contributed by atoms with van der Waals surface area (Å²) >= 11 is 0. The van der Waals surface area contributed by atoms with E-state index in [1.807, 2.05) is 6.07 Å². The zero-order valence-electron chi connectivity index (χ0n) is 11.8. The molecule has 2 nitrogen and oxygen atoms in total. The van der Waals surface area contributed by atoms with Crippen LogP contribution in [0.3, 0.4) is 0 Å². The van der Waals surface area contributed by atoms with Crippen molar-refractivity contribution in [3.8, 4) is 5.75 Å². The smallest absolute Gasteiger partial charge is 0.119 e. The minimum Gasteiger partial charge on any atom is -0.497 e. The highest BCUT2D eigenvalue weighted by Gasteiger charge is 2.19. The van der Waals surface area contributed by atoms with Gasteiger partial charge in [-0.1, -0.05) is 19.1 Å². The molecule has 1 unspecified atom stereocenters. The summed E-state index contributed by atoms with van der Waals surface area (Å²) in [6.45, 7) is 4.61. The molecule has 1 fully saturated rings. The summed E-state index contributed by atoms with van der Waals surface area (Å²) in [5, 5.41) is 3.75. The third-order valence-corrected chi connectivity index (χ3v) is 4.10. The van der Waals surface area contributed by atoms with E-state index in [-0.39, 0.29) is 0 Å². The molecule has 18 heavy (non-hydrogen) atoms. The molecule has 1 aliphatic rings. The SMILES string of the molecule is COc1cccc(C(C)NC2CCC(C)CC2)c1. The molecule has 0 saturated heterocycles. The Hall–Kier alpha value is -1.02. The number of rotatable bonds is 4. The van der Waals surface area contributed by atoms with Gasteiger partial charge >= 0.3 is 0 Å². The number of methoxy groups -OCH3 is 1. The fourth-order valence-corrected chi connectivity index (χ4v) is 2.79. The maximum absolute atomic E-state index is 5.28. The van der Waals surface area contributed by atoms with Crippen LogP contribution in [0.15, 0.2) is 24.3 Å². The standard InChI is InChI=1S/C16H25NO/c1-12-7-9-15(10-8-12)17-13(2)14-5-4-6-16(11-14)18-3/h4-6,11-13,15,17H,7-10H2,1-3H3. The summed E-state index contributed by atoms with van der Waals surface area (Å²) in [4.78, 5) is 0. The van der Waals surface area contributed by atoms with Crippen LogP contribution in [0.1, 0.15) is 51.1 Å². The molecule has 2 heteroatoms. The molecular formula is C16H25NO. The largest absolute Gasteiger partial charge is 0.497 e. The first-order valence-corrected chi connectivity index (χ1v) is 7.09. The van der Waals surface area contributed by atoms with Gasteiger partial charge in [-0.15, -0.1) is 0 Å². The third-order valence-electron chi connectivity index (χ3n) is 4.10. The predicted octanol–water partition coefficient (Wildman–Crippen LogP) is 3.92. The third kappa shape index (κ3) is 3.49. The second kappa shape index (κ2) is 6.24. The Kier molecular flexibility index (Phi) is 4.65. The van der Waals surface area contributed by atoms with Crippen LogP contribution >= 0.6 is 0 Å². The van der Waals surface area contributed by atoms with Gasteiger partial charge in [0.2, 0.25) is 0 Å². The molecule has 1 saturated carbocycles. The van der Waals surface area contributed by atoms with Gasteiger partial charge in [0.25, 0.3) is 0 Å². The highest BCUT2D eigenvalue weighted by Crippen LogP contribution is 2.26. The molecule has 0 aliphatic heterocycles. The first kappa shape index (κ1) is 13.4. The monoisotopic (exact) mass is 247 g/mol. The van der Waals surface area contributed by atoms with Crippen LogP contribution in [0.25, 0.3) is 0 Å². The first-order chi connectivity index (χ1) is 8.69.